The Labute approximate surface area is 127 Å². The maximum Gasteiger partial charge on any atom is 0.223 e. The summed E-state index contributed by atoms with van der Waals surface area (Å²) >= 11 is 0. The molecule has 1 aromatic heterocycles. The maximum absolute atomic E-state index is 12.5. The van der Waals surface area contributed by atoms with E-state index < -0.39 is 0 Å². The van der Waals surface area contributed by atoms with Crippen LogP contribution in [0.5, 0.6) is 0 Å². The Bertz CT molecular complexity index is 472. The lowest BCUT2D eigenvalue weighted by Crippen LogP contribution is -2.51. The summed E-state index contributed by atoms with van der Waals surface area (Å²) in [5.74, 6) is 0.573. The van der Waals surface area contributed by atoms with Gasteiger partial charge >= 0.3 is 0 Å². The van der Waals surface area contributed by atoms with Gasteiger partial charge in [0.05, 0.1) is 0 Å². The van der Waals surface area contributed by atoms with E-state index in [1.54, 1.807) is 6.20 Å². The Morgan fingerprint density at radius 3 is 2.86 bits per heavy atom. The summed E-state index contributed by atoms with van der Waals surface area (Å²) in [5.41, 5.74) is 7.11. The van der Waals surface area contributed by atoms with Crippen LogP contribution in [0.4, 0.5) is 0 Å². The van der Waals surface area contributed by atoms with E-state index in [2.05, 4.69) is 31.1 Å². The van der Waals surface area contributed by atoms with Crippen LogP contribution in [0.1, 0.15) is 39.3 Å². The summed E-state index contributed by atoms with van der Waals surface area (Å²) in [6, 6.07) is 6.06. The van der Waals surface area contributed by atoms with Crippen molar-refractivity contribution in [1.82, 2.24) is 10.3 Å². The highest BCUT2D eigenvalue weighted by atomic mass is 16.1. The van der Waals surface area contributed by atoms with Gasteiger partial charge in [-0.05, 0) is 36.3 Å². The lowest BCUT2D eigenvalue weighted by molar-refractivity contribution is -0.132. The van der Waals surface area contributed by atoms with E-state index in [4.69, 9.17) is 5.73 Å². The van der Waals surface area contributed by atoms with Gasteiger partial charge in [0.1, 0.15) is 0 Å². The number of nitrogens with zero attached hydrogens (tertiary/aromatic N) is 1. The lowest BCUT2D eigenvalue weighted by atomic mass is 9.61. The number of carbonyl (C=O) groups excluding carboxylic acids is 1. The van der Waals surface area contributed by atoms with E-state index in [0.717, 1.165) is 25.0 Å². The van der Waals surface area contributed by atoms with Gasteiger partial charge < -0.3 is 11.1 Å². The number of pyridine rings is 1. The zero-order valence-corrected chi connectivity index (χ0v) is 13.3. The largest absolute Gasteiger partial charge is 0.355 e. The van der Waals surface area contributed by atoms with Crippen LogP contribution in [0.3, 0.4) is 0 Å². The van der Waals surface area contributed by atoms with Gasteiger partial charge in [0, 0.05) is 36.8 Å². The van der Waals surface area contributed by atoms with Gasteiger partial charge in [-0.1, -0.05) is 26.8 Å². The Morgan fingerprint density at radius 2 is 2.19 bits per heavy atom. The highest BCUT2D eigenvalue weighted by molar-refractivity contribution is 5.79. The summed E-state index contributed by atoms with van der Waals surface area (Å²) in [6.45, 7) is 7.14. The fraction of sp³-hybridized carbons (Fsp3) is 0.647. The van der Waals surface area contributed by atoms with Gasteiger partial charge in [-0.15, -0.1) is 0 Å². The Morgan fingerprint density at radius 1 is 1.43 bits per heavy atom. The Balaban J connectivity index is 1.88. The standard InChI is InChI=1S/C17H27N3O/c1-12-15(18)8-7-14(17(12,2)3)16(21)20-11-9-13-6-4-5-10-19-13/h4-6,10,12,14-15H,7-9,11,18H2,1-3H3,(H,20,21). The number of carbonyl (C=O) groups is 1. The lowest BCUT2D eigenvalue weighted by Gasteiger charge is -2.46. The predicted octanol–water partition coefficient (Wildman–Crippen LogP) is 2.14. The number of hydrogen-bond acceptors (Lipinski definition) is 3. The predicted molar refractivity (Wildman–Crippen MR) is 84.6 cm³/mol. The summed E-state index contributed by atoms with van der Waals surface area (Å²) < 4.78 is 0. The molecular weight excluding hydrogens is 262 g/mol. The molecule has 0 bridgehead atoms. The molecule has 0 aliphatic heterocycles. The van der Waals surface area contributed by atoms with Crippen LogP contribution >= 0.6 is 0 Å². The number of aromatic nitrogens is 1. The molecule has 1 fully saturated rings. The molecule has 1 aliphatic carbocycles. The number of nitrogens with two attached hydrogens (primary N) is 1. The highest BCUT2D eigenvalue weighted by Gasteiger charge is 2.44. The fourth-order valence-corrected chi connectivity index (χ4v) is 3.30. The van der Waals surface area contributed by atoms with Crippen LogP contribution in [0.2, 0.25) is 0 Å². The molecule has 1 saturated carbocycles. The fourth-order valence-electron chi connectivity index (χ4n) is 3.30. The third kappa shape index (κ3) is 3.62. The minimum absolute atomic E-state index is 0.0489. The van der Waals surface area contributed by atoms with E-state index in [1.807, 2.05) is 18.2 Å². The molecule has 0 radical (unpaired) electrons. The minimum atomic E-state index is -0.0489. The molecule has 1 heterocycles. The van der Waals surface area contributed by atoms with Crippen LogP contribution in [0, 0.1) is 17.3 Å². The smallest absolute Gasteiger partial charge is 0.223 e. The van der Waals surface area contributed by atoms with Gasteiger partial charge in [-0.2, -0.15) is 0 Å². The van der Waals surface area contributed by atoms with E-state index >= 15 is 0 Å². The molecule has 3 N–H and O–H groups in total. The number of nitrogens with one attached hydrogen (secondary N) is 1. The summed E-state index contributed by atoms with van der Waals surface area (Å²) in [5, 5.41) is 3.07. The third-order valence-electron chi connectivity index (χ3n) is 5.23. The average molecular weight is 289 g/mol. The molecule has 2 rings (SSSR count). The normalized spacial score (nSPS) is 28.1. The van der Waals surface area contributed by atoms with Crippen LogP contribution in [0.15, 0.2) is 24.4 Å². The molecule has 0 spiro atoms. The summed E-state index contributed by atoms with van der Waals surface area (Å²) in [4.78, 5) is 16.8. The summed E-state index contributed by atoms with van der Waals surface area (Å²) in [6.07, 6.45) is 4.37. The molecule has 1 aliphatic rings. The van der Waals surface area contributed by atoms with Gasteiger partial charge in [0.25, 0.3) is 0 Å². The summed E-state index contributed by atoms with van der Waals surface area (Å²) in [7, 11) is 0. The first kappa shape index (κ1) is 16.0. The molecule has 116 valence electrons. The van der Waals surface area contributed by atoms with Crippen molar-refractivity contribution >= 4 is 5.91 Å². The second kappa shape index (κ2) is 6.56. The topological polar surface area (TPSA) is 68.0 Å². The molecule has 0 saturated heterocycles. The van der Waals surface area contributed by atoms with Crippen molar-refractivity contribution in [3.63, 3.8) is 0 Å². The molecule has 21 heavy (non-hydrogen) atoms. The number of amides is 1. The molecule has 1 aromatic rings. The SMILES string of the molecule is CC1C(N)CCC(C(=O)NCCc2ccccn2)C1(C)C. The van der Waals surface area contributed by atoms with Gasteiger partial charge in [0.2, 0.25) is 5.91 Å². The average Bonchev–Trinajstić information content (AvgIpc) is 2.46. The molecule has 4 heteroatoms. The minimum Gasteiger partial charge on any atom is -0.355 e. The maximum atomic E-state index is 12.5. The van der Waals surface area contributed by atoms with Crippen LogP contribution in [-0.2, 0) is 11.2 Å². The van der Waals surface area contributed by atoms with Gasteiger partial charge in [0.15, 0.2) is 0 Å². The van der Waals surface area contributed by atoms with Crippen LogP contribution in [0.25, 0.3) is 0 Å². The first-order chi connectivity index (χ1) is 9.93. The van der Waals surface area contributed by atoms with Crippen molar-refractivity contribution in [2.75, 3.05) is 6.54 Å². The molecule has 4 nitrogen and oxygen atoms in total. The first-order valence-corrected chi connectivity index (χ1v) is 7.86. The third-order valence-corrected chi connectivity index (χ3v) is 5.23. The molecule has 0 aromatic carbocycles. The van der Waals surface area contributed by atoms with E-state index in [1.165, 1.54) is 0 Å². The van der Waals surface area contributed by atoms with Crippen molar-refractivity contribution < 1.29 is 4.79 Å². The zero-order chi connectivity index (χ0) is 15.5. The Hall–Kier alpha value is -1.42. The molecule has 3 atom stereocenters. The molecule has 3 unspecified atom stereocenters. The van der Waals surface area contributed by atoms with Gasteiger partial charge in [-0.25, -0.2) is 0 Å². The molecular formula is C17H27N3O. The quantitative estimate of drug-likeness (QED) is 0.892. The Kier molecular flexibility index (Phi) is 4.99. The first-order valence-electron chi connectivity index (χ1n) is 7.86. The van der Waals surface area contributed by atoms with Crippen molar-refractivity contribution in [2.45, 2.75) is 46.1 Å². The number of rotatable bonds is 4. The zero-order valence-electron chi connectivity index (χ0n) is 13.3. The van der Waals surface area contributed by atoms with Crippen molar-refractivity contribution in [3.8, 4) is 0 Å². The second-order valence-electron chi connectivity index (χ2n) is 6.77. The monoisotopic (exact) mass is 289 g/mol. The molecule has 1 amide bonds. The van der Waals surface area contributed by atoms with E-state index in [-0.39, 0.29) is 23.3 Å². The van der Waals surface area contributed by atoms with Crippen molar-refractivity contribution in [3.05, 3.63) is 30.1 Å². The van der Waals surface area contributed by atoms with Crippen molar-refractivity contribution in [1.29, 1.82) is 0 Å². The highest BCUT2D eigenvalue weighted by Crippen LogP contribution is 2.44. The van der Waals surface area contributed by atoms with Crippen LogP contribution < -0.4 is 11.1 Å². The van der Waals surface area contributed by atoms with E-state index in [0.29, 0.717) is 12.5 Å². The van der Waals surface area contributed by atoms with E-state index in [9.17, 15) is 4.79 Å². The van der Waals surface area contributed by atoms with Crippen LogP contribution in [-0.4, -0.2) is 23.5 Å². The number of hydrogen-bond donors (Lipinski definition) is 2. The second-order valence-corrected chi connectivity index (χ2v) is 6.77. The van der Waals surface area contributed by atoms with Crippen molar-refractivity contribution in [2.24, 2.45) is 23.0 Å². The van der Waals surface area contributed by atoms with Gasteiger partial charge in [-0.3, -0.25) is 9.78 Å².